The Morgan fingerprint density at radius 1 is 1.39 bits per heavy atom. The lowest BCUT2D eigenvalue weighted by Gasteiger charge is -2.29. The lowest BCUT2D eigenvalue weighted by atomic mass is 9.80. The normalized spacial score (nSPS) is 24.8. The summed E-state index contributed by atoms with van der Waals surface area (Å²) in [6.45, 7) is 4.13. The minimum atomic E-state index is -2.53. The van der Waals surface area contributed by atoms with Crippen LogP contribution in [0, 0.1) is 11.8 Å². The van der Waals surface area contributed by atoms with E-state index in [9.17, 15) is 13.6 Å². The molecule has 0 heterocycles. The third-order valence-electron chi connectivity index (χ3n) is 4.09. The molecule has 1 nitrogen and oxygen atoms in total. The lowest BCUT2D eigenvalue weighted by molar-refractivity contribution is -0.125. The monoisotopic (exact) mass is 260 g/mol. The van der Waals surface area contributed by atoms with Crippen LogP contribution < -0.4 is 0 Å². The Bertz CT molecular complexity index is 263. The van der Waals surface area contributed by atoms with E-state index in [1.165, 1.54) is 0 Å². The van der Waals surface area contributed by atoms with Gasteiger partial charge in [0.15, 0.2) is 0 Å². The van der Waals surface area contributed by atoms with E-state index in [1.807, 2.05) is 6.92 Å². The van der Waals surface area contributed by atoms with Gasteiger partial charge in [-0.3, -0.25) is 4.79 Å². The summed E-state index contributed by atoms with van der Waals surface area (Å²) < 4.78 is 26.6. The third-order valence-corrected chi connectivity index (χ3v) is 4.09. The number of unbranched alkanes of at least 4 members (excludes halogenated alkanes) is 1. The molecule has 1 fully saturated rings. The van der Waals surface area contributed by atoms with Crippen molar-refractivity contribution in [1.29, 1.82) is 0 Å². The summed E-state index contributed by atoms with van der Waals surface area (Å²) in [4.78, 5) is 12.1. The molecule has 2 atom stereocenters. The molecule has 1 saturated carbocycles. The van der Waals surface area contributed by atoms with Crippen LogP contribution in [-0.2, 0) is 4.79 Å². The van der Waals surface area contributed by atoms with E-state index in [-0.39, 0.29) is 30.5 Å². The van der Waals surface area contributed by atoms with Crippen molar-refractivity contribution >= 4 is 5.78 Å². The summed E-state index contributed by atoms with van der Waals surface area (Å²) in [6, 6.07) is 0. The Labute approximate surface area is 109 Å². The summed E-state index contributed by atoms with van der Waals surface area (Å²) in [7, 11) is 0. The molecule has 106 valence electrons. The fraction of sp³-hybridized carbons (Fsp3) is 0.933. The van der Waals surface area contributed by atoms with Gasteiger partial charge in [0.1, 0.15) is 5.78 Å². The van der Waals surface area contributed by atoms with Gasteiger partial charge in [0, 0.05) is 25.2 Å². The molecule has 18 heavy (non-hydrogen) atoms. The predicted molar refractivity (Wildman–Crippen MR) is 69.8 cm³/mol. The van der Waals surface area contributed by atoms with E-state index in [0.29, 0.717) is 12.8 Å². The van der Waals surface area contributed by atoms with Crippen molar-refractivity contribution in [2.24, 2.45) is 11.8 Å². The molecular weight excluding hydrogens is 234 g/mol. The number of carbonyl (C=O) groups excluding carboxylic acids is 1. The molecule has 0 aromatic rings. The Morgan fingerprint density at radius 2 is 2.11 bits per heavy atom. The average Bonchev–Trinajstić information content (AvgIpc) is 2.28. The van der Waals surface area contributed by atoms with Crippen molar-refractivity contribution in [3.63, 3.8) is 0 Å². The first-order valence-electron chi connectivity index (χ1n) is 7.39. The molecule has 0 spiro atoms. The smallest absolute Gasteiger partial charge is 0.248 e. The van der Waals surface area contributed by atoms with Crippen molar-refractivity contribution in [2.45, 2.75) is 77.6 Å². The number of halogens is 2. The predicted octanol–water partition coefficient (Wildman–Crippen LogP) is 4.99. The fourth-order valence-electron chi connectivity index (χ4n) is 2.94. The van der Waals surface area contributed by atoms with Crippen LogP contribution in [0.3, 0.4) is 0 Å². The highest BCUT2D eigenvalue weighted by Crippen LogP contribution is 2.38. The van der Waals surface area contributed by atoms with Crippen LogP contribution in [0.15, 0.2) is 0 Å². The number of Topliss-reactive ketones (excluding diaryl/α,β-unsaturated/α-hetero) is 1. The van der Waals surface area contributed by atoms with E-state index >= 15 is 0 Å². The summed E-state index contributed by atoms with van der Waals surface area (Å²) in [6.07, 6.45) is 5.58. The van der Waals surface area contributed by atoms with Crippen LogP contribution in [0.1, 0.15) is 71.6 Å². The Hall–Kier alpha value is -0.470. The topological polar surface area (TPSA) is 17.1 Å². The van der Waals surface area contributed by atoms with Crippen molar-refractivity contribution in [3.05, 3.63) is 0 Å². The molecule has 0 amide bonds. The molecule has 0 aromatic carbocycles. The van der Waals surface area contributed by atoms with Gasteiger partial charge in [-0.05, 0) is 31.6 Å². The molecule has 0 bridgehead atoms. The first-order valence-corrected chi connectivity index (χ1v) is 7.39. The van der Waals surface area contributed by atoms with Crippen molar-refractivity contribution < 1.29 is 13.6 Å². The number of hydrogen-bond acceptors (Lipinski definition) is 1. The van der Waals surface area contributed by atoms with Gasteiger partial charge >= 0.3 is 0 Å². The Balaban J connectivity index is 2.42. The maximum absolute atomic E-state index is 13.3. The molecule has 0 aliphatic heterocycles. The van der Waals surface area contributed by atoms with Gasteiger partial charge in [-0.25, -0.2) is 8.78 Å². The van der Waals surface area contributed by atoms with Crippen LogP contribution >= 0.6 is 0 Å². The molecule has 0 saturated heterocycles. The van der Waals surface area contributed by atoms with Gasteiger partial charge in [0.2, 0.25) is 5.92 Å². The van der Waals surface area contributed by atoms with E-state index < -0.39 is 5.92 Å². The molecule has 3 heteroatoms. The van der Waals surface area contributed by atoms with Crippen molar-refractivity contribution in [3.8, 4) is 0 Å². The van der Waals surface area contributed by atoms with Gasteiger partial charge in [-0.15, -0.1) is 0 Å². The van der Waals surface area contributed by atoms with E-state index in [0.717, 1.165) is 32.1 Å². The Kier molecular flexibility index (Phi) is 6.24. The molecule has 1 rings (SSSR count). The van der Waals surface area contributed by atoms with E-state index in [4.69, 9.17) is 0 Å². The zero-order valence-corrected chi connectivity index (χ0v) is 11.7. The minimum Gasteiger partial charge on any atom is -0.299 e. The van der Waals surface area contributed by atoms with Crippen LogP contribution in [0.4, 0.5) is 8.78 Å². The molecular formula is C15H26F2O. The second kappa shape index (κ2) is 7.20. The molecule has 0 N–H and O–H groups in total. The largest absolute Gasteiger partial charge is 0.299 e. The highest BCUT2D eigenvalue weighted by Gasteiger charge is 2.37. The van der Waals surface area contributed by atoms with Crippen LogP contribution in [0.5, 0.6) is 0 Å². The third kappa shape index (κ3) is 5.03. The second-order valence-corrected chi connectivity index (χ2v) is 5.74. The van der Waals surface area contributed by atoms with E-state index in [2.05, 4.69) is 6.92 Å². The van der Waals surface area contributed by atoms with Gasteiger partial charge in [0.25, 0.3) is 0 Å². The number of hydrogen-bond donors (Lipinski definition) is 0. The lowest BCUT2D eigenvalue weighted by Crippen LogP contribution is -2.28. The quantitative estimate of drug-likeness (QED) is 0.630. The summed E-state index contributed by atoms with van der Waals surface area (Å²) >= 11 is 0. The molecule has 1 aliphatic rings. The summed E-state index contributed by atoms with van der Waals surface area (Å²) in [5.41, 5.74) is 0. The van der Waals surface area contributed by atoms with Gasteiger partial charge in [0.05, 0.1) is 0 Å². The van der Waals surface area contributed by atoms with Crippen LogP contribution in [-0.4, -0.2) is 11.7 Å². The molecule has 0 aromatic heterocycles. The second-order valence-electron chi connectivity index (χ2n) is 5.74. The van der Waals surface area contributed by atoms with Gasteiger partial charge < -0.3 is 0 Å². The average molecular weight is 260 g/mol. The highest BCUT2D eigenvalue weighted by molar-refractivity contribution is 5.81. The fourth-order valence-corrected chi connectivity index (χ4v) is 2.94. The Morgan fingerprint density at radius 3 is 2.67 bits per heavy atom. The first-order chi connectivity index (χ1) is 8.48. The number of ketones is 1. The number of alkyl halides is 2. The van der Waals surface area contributed by atoms with E-state index in [1.54, 1.807) is 0 Å². The maximum atomic E-state index is 13.3. The van der Waals surface area contributed by atoms with Crippen molar-refractivity contribution in [1.82, 2.24) is 0 Å². The first kappa shape index (κ1) is 15.6. The summed E-state index contributed by atoms with van der Waals surface area (Å²) in [5.74, 6) is -2.31. The molecule has 1 aliphatic carbocycles. The summed E-state index contributed by atoms with van der Waals surface area (Å²) in [5, 5.41) is 0. The standard InChI is InChI=1S/C15H26F2O/c1-3-5-8-13(4-2)14(18)10-12-7-6-9-15(16,17)11-12/h12-13H,3-11H2,1-2H3. The zero-order valence-electron chi connectivity index (χ0n) is 11.7. The number of carbonyl (C=O) groups is 1. The maximum Gasteiger partial charge on any atom is 0.248 e. The highest BCUT2D eigenvalue weighted by atomic mass is 19.3. The van der Waals surface area contributed by atoms with Crippen LogP contribution in [0.25, 0.3) is 0 Å². The molecule has 2 unspecified atom stereocenters. The molecule has 0 radical (unpaired) electrons. The van der Waals surface area contributed by atoms with Crippen LogP contribution in [0.2, 0.25) is 0 Å². The van der Waals surface area contributed by atoms with Crippen molar-refractivity contribution in [2.75, 3.05) is 0 Å². The number of rotatable bonds is 7. The van der Waals surface area contributed by atoms with Gasteiger partial charge in [-0.2, -0.15) is 0 Å². The SMILES string of the molecule is CCCCC(CC)C(=O)CC1CCCC(F)(F)C1. The van der Waals surface area contributed by atoms with Gasteiger partial charge in [-0.1, -0.05) is 26.7 Å². The minimum absolute atomic E-state index is 0.00469. The zero-order chi connectivity index (χ0) is 13.6.